The van der Waals surface area contributed by atoms with Crippen LogP contribution in [0, 0.1) is 23.7 Å². The highest BCUT2D eigenvalue weighted by molar-refractivity contribution is 5.66. The van der Waals surface area contributed by atoms with E-state index in [-0.39, 0.29) is 12.1 Å². The van der Waals surface area contributed by atoms with E-state index in [0.29, 0.717) is 0 Å². The summed E-state index contributed by atoms with van der Waals surface area (Å²) in [7, 11) is 0. The van der Waals surface area contributed by atoms with Gasteiger partial charge in [-0.2, -0.15) is 0 Å². The van der Waals surface area contributed by atoms with E-state index in [9.17, 15) is 4.79 Å². The summed E-state index contributed by atoms with van der Waals surface area (Å²) in [5.74, 6) is 3.41. The molecule has 0 aromatic heterocycles. The first-order valence-electron chi connectivity index (χ1n) is 5.93. The maximum Gasteiger partial charge on any atom is 0.302 e. The summed E-state index contributed by atoms with van der Waals surface area (Å²) >= 11 is 0. The van der Waals surface area contributed by atoms with E-state index in [1.54, 1.807) is 6.92 Å². The van der Waals surface area contributed by atoms with Gasteiger partial charge < -0.3 is 4.74 Å². The Balaban J connectivity index is 1.75. The molecule has 2 bridgehead atoms. The number of ether oxygens (including phenoxy) is 1. The van der Waals surface area contributed by atoms with Gasteiger partial charge in [-0.1, -0.05) is 0 Å². The minimum absolute atomic E-state index is 0.0848. The molecule has 0 heterocycles. The number of rotatable bonds is 1. The van der Waals surface area contributed by atoms with Gasteiger partial charge in [-0.05, 0) is 49.9 Å². The fraction of sp³-hybridized carbons (Fsp3) is 0.917. The molecule has 2 nitrogen and oxygen atoms in total. The summed E-state index contributed by atoms with van der Waals surface area (Å²) in [5.41, 5.74) is 0. The minimum atomic E-state index is -0.0848. The molecule has 0 amide bonds. The lowest BCUT2D eigenvalue weighted by atomic mass is 9.81. The molecule has 0 radical (unpaired) electrons. The average Bonchev–Trinajstić information content (AvgIpc) is 2.74. The van der Waals surface area contributed by atoms with Crippen LogP contribution in [0.5, 0.6) is 0 Å². The number of hydrogen-bond donors (Lipinski definition) is 0. The predicted molar refractivity (Wildman–Crippen MR) is 52.6 cm³/mol. The van der Waals surface area contributed by atoms with Crippen molar-refractivity contribution >= 4 is 5.97 Å². The monoisotopic (exact) mass is 194 g/mol. The average molecular weight is 194 g/mol. The van der Waals surface area contributed by atoms with Gasteiger partial charge in [0.2, 0.25) is 0 Å². The molecule has 5 unspecified atom stereocenters. The number of esters is 1. The smallest absolute Gasteiger partial charge is 0.302 e. The molecule has 0 aromatic rings. The highest BCUT2D eigenvalue weighted by Crippen LogP contribution is 2.59. The van der Waals surface area contributed by atoms with Crippen molar-refractivity contribution in [3.63, 3.8) is 0 Å². The Morgan fingerprint density at radius 2 is 1.93 bits per heavy atom. The van der Waals surface area contributed by atoms with Gasteiger partial charge in [0.15, 0.2) is 0 Å². The molecular formula is C12H18O2. The molecule has 0 aliphatic heterocycles. The Hall–Kier alpha value is -0.530. The Kier molecular flexibility index (Phi) is 1.86. The highest BCUT2D eigenvalue weighted by atomic mass is 16.5. The Labute approximate surface area is 85.0 Å². The van der Waals surface area contributed by atoms with E-state index in [0.717, 1.165) is 30.1 Å². The second-order valence-electron chi connectivity index (χ2n) is 5.30. The molecule has 0 spiro atoms. The van der Waals surface area contributed by atoms with Gasteiger partial charge in [-0.3, -0.25) is 4.79 Å². The summed E-state index contributed by atoms with van der Waals surface area (Å²) in [6.45, 7) is 1.54. The number of carbonyl (C=O) groups is 1. The van der Waals surface area contributed by atoms with Crippen LogP contribution < -0.4 is 0 Å². The van der Waals surface area contributed by atoms with Crippen molar-refractivity contribution in [3.05, 3.63) is 0 Å². The largest absolute Gasteiger partial charge is 0.462 e. The Bertz CT molecular complexity index is 261. The lowest BCUT2D eigenvalue weighted by Crippen LogP contribution is -2.28. The zero-order chi connectivity index (χ0) is 9.71. The molecule has 2 heteroatoms. The van der Waals surface area contributed by atoms with Gasteiger partial charge in [0.05, 0.1) is 0 Å². The number of hydrogen-bond acceptors (Lipinski definition) is 2. The van der Waals surface area contributed by atoms with Crippen LogP contribution in [-0.4, -0.2) is 12.1 Å². The van der Waals surface area contributed by atoms with Crippen molar-refractivity contribution in [2.45, 2.75) is 45.1 Å². The van der Waals surface area contributed by atoms with Crippen molar-refractivity contribution in [2.24, 2.45) is 23.7 Å². The molecule has 14 heavy (non-hydrogen) atoms. The van der Waals surface area contributed by atoms with Gasteiger partial charge >= 0.3 is 5.97 Å². The molecule has 3 aliphatic carbocycles. The maximum absolute atomic E-state index is 11.0. The summed E-state index contributed by atoms with van der Waals surface area (Å²) in [6, 6.07) is 0. The van der Waals surface area contributed by atoms with E-state index >= 15 is 0 Å². The van der Waals surface area contributed by atoms with Crippen molar-refractivity contribution in [1.82, 2.24) is 0 Å². The van der Waals surface area contributed by atoms with E-state index in [2.05, 4.69) is 0 Å². The molecule has 3 fully saturated rings. The molecule has 3 aliphatic rings. The third-order valence-corrected chi connectivity index (χ3v) is 4.69. The Morgan fingerprint density at radius 1 is 1.14 bits per heavy atom. The minimum Gasteiger partial charge on any atom is -0.462 e. The molecule has 78 valence electrons. The fourth-order valence-electron chi connectivity index (χ4n) is 4.36. The van der Waals surface area contributed by atoms with Crippen molar-refractivity contribution in [3.8, 4) is 0 Å². The Morgan fingerprint density at radius 3 is 2.71 bits per heavy atom. The first-order chi connectivity index (χ1) is 6.75. The van der Waals surface area contributed by atoms with Crippen LogP contribution in [0.25, 0.3) is 0 Å². The summed E-state index contributed by atoms with van der Waals surface area (Å²) in [4.78, 5) is 11.0. The lowest BCUT2D eigenvalue weighted by molar-refractivity contribution is -0.149. The van der Waals surface area contributed by atoms with Crippen LogP contribution in [0.3, 0.4) is 0 Å². The number of fused-ring (bicyclic) bond motifs is 5. The second-order valence-corrected chi connectivity index (χ2v) is 5.30. The first kappa shape index (κ1) is 8.75. The topological polar surface area (TPSA) is 26.3 Å². The third kappa shape index (κ3) is 1.12. The standard InChI is InChI=1S/C12H18O2/c1-7(13)14-11-5-4-10-8-2-3-9(6-8)12(10)11/h8-12H,2-6H2,1H3. The molecule has 3 rings (SSSR count). The molecule has 0 saturated heterocycles. The lowest BCUT2D eigenvalue weighted by Gasteiger charge is -2.28. The van der Waals surface area contributed by atoms with E-state index in [1.807, 2.05) is 0 Å². The van der Waals surface area contributed by atoms with Gasteiger partial charge in [-0.25, -0.2) is 0 Å². The van der Waals surface area contributed by atoms with Crippen LogP contribution in [0.15, 0.2) is 0 Å². The normalized spacial score (nSPS) is 49.4. The third-order valence-electron chi connectivity index (χ3n) is 4.69. The predicted octanol–water partition coefficient (Wildman–Crippen LogP) is 2.37. The molecule has 0 aromatic carbocycles. The SMILES string of the molecule is CC(=O)OC1CCC2C3CCC(C3)C12. The molecule has 3 saturated carbocycles. The summed E-state index contributed by atoms with van der Waals surface area (Å²) in [6.07, 6.45) is 6.97. The van der Waals surface area contributed by atoms with Gasteiger partial charge in [0.1, 0.15) is 6.10 Å². The molecular weight excluding hydrogens is 176 g/mol. The second kappa shape index (κ2) is 2.98. The van der Waals surface area contributed by atoms with Gasteiger partial charge in [0, 0.05) is 12.8 Å². The van der Waals surface area contributed by atoms with Gasteiger partial charge in [0.25, 0.3) is 0 Å². The summed E-state index contributed by atoms with van der Waals surface area (Å²) < 4.78 is 5.44. The van der Waals surface area contributed by atoms with Crippen LogP contribution in [0.2, 0.25) is 0 Å². The van der Waals surface area contributed by atoms with Crippen LogP contribution >= 0.6 is 0 Å². The van der Waals surface area contributed by atoms with Crippen molar-refractivity contribution in [2.75, 3.05) is 0 Å². The van der Waals surface area contributed by atoms with Crippen molar-refractivity contribution < 1.29 is 9.53 Å². The molecule has 5 atom stereocenters. The number of carbonyl (C=O) groups excluding carboxylic acids is 1. The maximum atomic E-state index is 11.0. The summed E-state index contributed by atoms with van der Waals surface area (Å²) in [5, 5.41) is 0. The quantitative estimate of drug-likeness (QED) is 0.599. The first-order valence-corrected chi connectivity index (χ1v) is 5.93. The van der Waals surface area contributed by atoms with Crippen molar-refractivity contribution in [1.29, 1.82) is 0 Å². The zero-order valence-electron chi connectivity index (χ0n) is 8.74. The van der Waals surface area contributed by atoms with E-state index in [1.165, 1.54) is 25.7 Å². The van der Waals surface area contributed by atoms with Crippen LogP contribution in [-0.2, 0) is 9.53 Å². The highest BCUT2D eigenvalue weighted by Gasteiger charge is 2.54. The molecule has 0 N–H and O–H groups in total. The zero-order valence-corrected chi connectivity index (χ0v) is 8.74. The fourth-order valence-corrected chi connectivity index (χ4v) is 4.36. The van der Waals surface area contributed by atoms with Crippen LogP contribution in [0.4, 0.5) is 0 Å². The van der Waals surface area contributed by atoms with Crippen LogP contribution in [0.1, 0.15) is 39.0 Å². The van der Waals surface area contributed by atoms with E-state index in [4.69, 9.17) is 4.74 Å². The van der Waals surface area contributed by atoms with E-state index < -0.39 is 0 Å². The van der Waals surface area contributed by atoms with Gasteiger partial charge in [-0.15, -0.1) is 0 Å².